The molecule has 1 atom stereocenters. The maximum Gasteiger partial charge on any atom is 0.407 e. The van der Waals surface area contributed by atoms with Gasteiger partial charge < -0.3 is 26.9 Å². The summed E-state index contributed by atoms with van der Waals surface area (Å²) in [6, 6.07) is 0. The number of carbonyl (C=O) groups excluding carboxylic acids is 1. The molecule has 0 bridgehead atoms. The highest BCUT2D eigenvalue weighted by molar-refractivity contribution is 5.69. The first kappa shape index (κ1) is 11.5. The summed E-state index contributed by atoms with van der Waals surface area (Å²) in [4.78, 5) is 10.6. The summed E-state index contributed by atoms with van der Waals surface area (Å²) < 4.78 is 5.79. The summed E-state index contributed by atoms with van der Waals surface area (Å²) in [7, 11) is 6.23. The van der Waals surface area contributed by atoms with Crippen molar-refractivity contribution in [3.05, 3.63) is 0 Å². The van der Waals surface area contributed by atoms with Gasteiger partial charge in [0.25, 0.3) is 0 Å². The van der Waals surface area contributed by atoms with Gasteiger partial charge in [-0.05, 0) is 0 Å². The second kappa shape index (κ2) is 3.96. The topological polar surface area (TPSA) is 38.3 Å². The molecule has 0 saturated carbocycles. The highest BCUT2D eigenvalue weighted by Crippen LogP contribution is 2.03. The van der Waals surface area contributed by atoms with Crippen molar-refractivity contribution >= 4 is 6.09 Å². The van der Waals surface area contributed by atoms with Crippen LogP contribution in [0.4, 0.5) is 4.79 Å². The number of quaternary nitrogens is 1. The Morgan fingerprint density at radius 1 is 1.58 bits per heavy atom. The van der Waals surface area contributed by atoms with Crippen molar-refractivity contribution in [2.24, 2.45) is 0 Å². The highest BCUT2D eigenvalue weighted by atomic mass is 35.5. The van der Waals surface area contributed by atoms with Gasteiger partial charge in [-0.2, -0.15) is 0 Å². The van der Waals surface area contributed by atoms with Crippen molar-refractivity contribution in [2.75, 3.05) is 34.2 Å². The molecule has 5 heteroatoms. The maximum atomic E-state index is 10.6. The molecule has 1 N–H and O–H groups in total. The van der Waals surface area contributed by atoms with Crippen LogP contribution in [0.5, 0.6) is 0 Å². The van der Waals surface area contributed by atoms with E-state index in [0.717, 1.165) is 11.0 Å². The van der Waals surface area contributed by atoms with E-state index in [9.17, 15) is 4.79 Å². The molecule has 4 nitrogen and oxygen atoms in total. The molecule has 1 aliphatic heterocycles. The molecule has 1 aliphatic rings. The summed E-state index contributed by atoms with van der Waals surface area (Å²) in [5.74, 6) is 0. The predicted octanol–water partition coefficient (Wildman–Crippen LogP) is -3.19. The number of rotatable bonds is 2. The van der Waals surface area contributed by atoms with Crippen molar-refractivity contribution in [3.63, 3.8) is 0 Å². The van der Waals surface area contributed by atoms with Crippen molar-refractivity contribution in [3.8, 4) is 0 Å². The first-order valence-corrected chi connectivity index (χ1v) is 3.72. The molecule has 0 aromatic rings. The summed E-state index contributed by atoms with van der Waals surface area (Å²) in [5, 5.41) is 2.62. The number of cyclic esters (lactones) is 1. The number of likely N-dealkylation sites (N-methyl/N-ethyl adjacent to an activating group) is 1. The molecule has 0 spiro atoms. The molecule has 12 heavy (non-hydrogen) atoms. The predicted molar refractivity (Wildman–Crippen MR) is 41.2 cm³/mol. The third-order valence-corrected chi connectivity index (χ3v) is 1.50. The van der Waals surface area contributed by atoms with E-state index in [0.29, 0.717) is 6.54 Å². The Labute approximate surface area is 78.9 Å². The number of ether oxygens (including phenoxy) is 1. The van der Waals surface area contributed by atoms with Crippen LogP contribution in [0.15, 0.2) is 0 Å². The average molecular weight is 195 g/mol. The molecule has 1 rings (SSSR count). The lowest BCUT2D eigenvalue weighted by molar-refractivity contribution is -0.873. The Morgan fingerprint density at radius 3 is 2.50 bits per heavy atom. The third-order valence-electron chi connectivity index (χ3n) is 1.50. The summed E-state index contributed by atoms with van der Waals surface area (Å²) in [5.41, 5.74) is 0. The number of nitrogens with zero attached hydrogens (tertiary/aromatic N) is 1. The molecule has 72 valence electrons. The number of nitrogens with one attached hydrogen (secondary N) is 1. The fraction of sp³-hybridized carbons (Fsp3) is 0.857. The van der Waals surface area contributed by atoms with Crippen LogP contribution in [0.1, 0.15) is 0 Å². The van der Waals surface area contributed by atoms with Gasteiger partial charge in [0.2, 0.25) is 0 Å². The smallest absolute Gasteiger partial charge is 0.407 e. The van der Waals surface area contributed by atoms with Gasteiger partial charge in [0.05, 0.1) is 27.7 Å². The molecular formula is C7H15ClN2O2. The van der Waals surface area contributed by atoms with Gasteiger partial charge in [-0.15, -0.1) is 0 Å². The minimum absolute atomic E-state index is 0. The van der Waals surface area contributed by atoms with Gasteiger partial charge in [0, 0.05) is 0 Å². The largest absolute Gasteiger partial charge is 1.00 e. The zero-order chi connectivity index (χ0) is 8.48. The summed E-state index contributed by atoms with van der Waals surface area (Å²) in [6.45, 7) is 1.51. The van der Waals surface area contributed by atoms with Gasteiger partial charge in [0.15, 0.2) is 6.10 Å². The fourth-order valence-electron chi connectivity index (χ4n) is 1.14. The monoisotopic (exact) mass is 194 g/mol. The Balaban J connectivity index is 0.00000121. The fourth-order valence-corrected chi connectivity index (χ4v) is 1.14. The molecule has 0 aromatic carbocycles. The molecule has 0 unspecified atom stereocenters. The standard InChI is InChI=1S/C7H14N2O2.ClH/c1-9(2,3)5-6-4-8-7(10)11-6;/h6H,4-5H2,1-3H3;1H/t6-;/m0./s1. The number of amides is 1. The van der Waals surface area contributed by atoms with Gasteiger partial charge >= 0.3 is 6.09 Å². The molecule has 0 aromatic heterocycles. The van der Waals surface area contributed by atoms with Crippen LogP contribution in [-0.4, -0.2) is 50.9 Å². The lowest BCUT2D eigenvalue weighted by Crippen LogP contribution is -3.00. The van der Waals surface area contributed by atoms with Crippen LogP contribution >= 0.6 is 0 Å². The highest BCUT2D eigenvalue weighted by Gasteiger charge is 2.27. The van der Waals surface area contributed by atoms with E-state index in [-0.39, 0.29) is 24.6 Å². The van der Waals surface area contributed by atoms with E-state index in [1.165, 1.54) is 0 Å². The van der Waals surface area contributed by atoms with Crippen LogP contribution in [0, 0.1) is 0 Å². The average Bonchev–Trinajstić information content (AvgIpc) is 2.10. The lowest BCUT2D eigenvalue weighted by Gasteiger charge is -2.25. The second-order valence-electron chi connectivity index (χ2n) is 3.88. The Morgan fingerprint density at radius 2 is 2.17 bits per heavy atom. The van der Waals surface area contributed by atoms with Crippen molar-refractivity contribution in [2.45, 2.75) is 6.10 Å². The Hall–Kier alpha value is -0.480. The van der Waals surface area contributed by atoms with Crippen molar-refractivity contribution < 1.29 is 26.4 Å². The van der Waals surface area contributed by atoms with Crippen LogP contribution in [0.3, 0.4) is 0 Å². The number of hydrogen-bond donors (Lipinski definition) is 1. The van der Waals surface area contributed by atoms with Crippen molar-refractivity contribution in [1.82, 2.24) is 5.32 Å². The molecular weight excluding hydrogens is 180 g/mol. The number of alkyl carbamates (subject to hydrolysis) is 1. The van der Waals surface area contributed by atoms with E-state index >= 15 is 0 Å². The normalized spacial score (nSPS) is 22.6. The Kier molecular flexibility index (Phi) is 3.80. The van der Waals surface area contributed by atoms with Crippen LogP contribution in [0.25, 0.3) is 0 Å². The van der Waals surface area contributed by atoms with Gasteiger partial charge in [-0.1, -0.05) is 0 Å². The van der Waals surface area contributed by atoms with Crippen LogP contribution in [0.2, 0.25) is 0 Å². The molecule has 1 heterocycles. The zero-order valence-corrected chi connectivity index (χ0v) is 8.39. The number of hydrogen-bond acceptors (Lipinski definition) is 2. The van der Waals surface area contributed by atoms with E-state index in [1.807, 2.05) is 0 Å². The number of carbonyl (C=O) groups is 1. The Bertz CT molecular complexity index is 167. The minimum atomic E-state index is -0.288. The maximum absolute atomic E-state index is 10.6. The first-order chi connectivity index (χ1) is 4.97. The van der Waals surface area contributed by atoms with Crippen LogP contribution in [-0.2, 0) is 4.74 Å². The van der Waals surface area contributed by atoms with E-state index < -0.39 is 0 Å². The van der Waals surface area contributed by atoms with Crippen molar-refractivity contribution in [1.29, 1.82) is 0 Å². The van der Waals surface area contributed by atoms with E-state index in [2.05, 4.69) is 26.5 Å². The SMILES string of the molecule is C[N+](C)(C)C[C@@H]1CNC(=O)O1.[Cl-]. The molecule has 1 fully saturated rings. The minimum Gasteiger partial charge on any atom is -1.00 e. The van der Waals surface area contributed by atoms with Gasteiger partial charge in [-0.3, -0.25) is 0 Å². The van der Waals surface area contributed by atoms with E-state index in [1.54, 1.807) is 0 Å². The molecule has 1 saturated heterocycles. The van der Waals surface area contributed by atoms with Gasteiger partial charge in [-0.25, -0.2) is 4.79 Å². The molecule has 0 radical (unpaired) electrons. The lowest BCUT2D eigenvalue weighted by atomic mass is 10.3. The number of halogens is 1. The van der Waals surface area contributed by atoms with Crippen LogP contribution < -0.4 is 17.7 Å². The van der Waals surface area contributed by atoms with Gasteiger partial charge in [0.1, 0.15) is 6.54 Å². The zero-order valence-electron chi connectivity index (χ0n) is 7.63. The third kappa shape index (κ3) is 3.78. The second-order valence-corrected chi connectivity index (χ2v) is 3.88. The molecule has 0 aliphatic carbocycles. The quantitative estimate of drug-likeness (QED) is 0.471. The van der Waals surface area contributed by atoms with E-state index in [4.69, 9.17) is 4.74 Å². The molecule has 1 amide bonds. The summed E-state index contributed by atoms with van der Waals surface area (Å²) in [6.07, 6.45) is -0.244. The first-order valence-electron chi connectivity index (χ1n) is 3.72. The summed E-state index contributed by atoms with van der Waals surface area (Å²) >= 11 is 0.